The van der Waals surface area contributed by atoms with Crippen LogP contribution in [0.15, 0.2) is 79.0 Å². The summed E-state index contributed by atoms with van der Waals surface area (Å²) in [5.41, 5.74) is 9.15. The number of carbonyl (C=O) groups excluding carboxylic acids is 1. The second-order valence-electron chi connectivity index (χ2n) is 5.37. The molecular weight excluding hydrogens is 284 g/mol. The van der Waals surface area contributed by atoms with Crippen LogP contribution in [-0.4, -0.2) is 10.4 Å². The highest BCUT2D eigenvalue weighted by Gasteiger charge is 2.03. The summed E-state index contributed by atoms with van der Waals surface area (Å²) in [6, 6.07) is 21.2. The van der Waals surface area contributed by atoms with Crippen LogP contribution in [0, 0.1) is 0 Å². The van der Waals surface area contributed by atoms with Gasteiger partial charge in [-0.2, -0.15) is 0 Å². The molecule has 2 aromatic carbocycles. The van der Waals surface area contributed by atoms with Crippen LogP contribution in [0.25, 0.3) is 6.08 Å². The van der Waals surface area contributed by atoms with E-state index in [1.165, 1.54) is 5.56 Å². The lowest BCUT2D eigenvalue weighted by molar-refractivity contribution is 0.104. The average molecular weight is 302 g/mol. The molecule has 114 valence electrons. The van der Waals surface area contributed by atoms with E-state index in [0.29, 0.717) is 11.3 Å². The number of aromatic nitrogens is 1. The highest BCUT2D eigenvalue weighted by Crippen LogP contribution is 2.11. The van der Waals surface area contributed by atoms with Crippen molar-refractivity contribution in [2.75, 3.05) is 5.73 Å². The molecule has 3 nitrogen and oxygen atoms in total. The van der Waals surface area contributed by atoms with E-state index in [1.807, 2.05) is 42.6 Å². The molecule has 0 aliphatic heterocycles. The van der Waals surface area contributed by atoms with E-state index in [-0.39, 0.29) is 5.78 Å². The summed E-state index contributed by atoms with van der Waals surface area (Å²) in [5, 5.41) is 0. The first-order valence-electron chi connectivity index (χ1n) is 7.49. The number of anilines is 1. The molecule has 0 spiro atoms. The molecule has 0 bridgehead atoms. The van der Waals surface area contributed by atoms with Gasteiger partial charge in [-0.05, 0) is 54.1 Å². The Labute approximate surface area is 135 Å². The fraction of sp³-hybridized carbons (Fsp3) is 0.0500. The molecule has 0 atom stereocenters. The summed E-state index contributed by atoms with van der Waals surface area (Å²) in [7, 11) is 0. The Morgan fingerprint density at radius 2 is 1.70 bits per heavy atom. The molecule has 0 amide bonds. The van der Waals surface area contributed by atoms with Crippen molar-refractivity contribution in [3.63, 3.8) is 0 Å². The number of carbonyl (C=O) groups is 1. The van der Waals surface area contributed by atoms with Gasteiger partial charge >= 0.3 is 0 Å². The monoisotopic (exact) mass is 302 g/mol. The zero-order valence-electron chi connectivity index (χ0n) is 12.7. The maximum Gasteiger partial charge on any atom is 0.185 e. The molecule has 0 fully saturated rings. The Morgan fingerprint density at radius 3 is 2.43 bits per heavy atom. The fourth-order valence-corrected chi connectivity index (χ4v) is 2.41. The van der Waals surface area contributed by atoms with E-state index in [1.54, 1.807) is 30.3 Å². The number of ketones is 1. The third kappa shape index (κ3) is 3.77. The average Bonchev–Trinajstić information content (AvgIpc) is 3.01. The molecule has 3 rings (SSSR count). The van der Waals surface area contributed by atoms with Crippen LogP contribution >= 0.6 is 0 Å². The smallest absolute Gasteiger partial charge is 0.185 e. The predicted molar refractivity (Wildman–Crippen MR) is 94.2 cm³/mol. The van der Waals surface area contributed by atoms with Gasteiger partial charge in [0.15, 0.2) is 5.78 Å². The number of benzene rings is 2. The topological polar surface area (TPSA) is 48.0 Å². The minimum absolute atomic E-state index is 0.0301. The Balaban J connectivity index is 1.74. The molecule has 0 saturated carbocycles. The maximum absolute atomic E-state index is 12.2. The minimum atomic E-state index is -0.0301. The van der Waals surface area contributed by atoms with Crippen molar-refractivity contribution in [1.29, 1.82) is 0 Å². The van der Waals surface area contributed by atoms with Crippen molar-refractivity contribution in [1.82, 2.24) is 4.57 Å². The second kappa shape index (κ2) is 6.79. The Kier molecular flexibility index (Phi) is 4.39. The first-order valence-corrected chi connectivity index (χ1v) is 7.49. The number of hydrogen-bond donors (Lipinski definition) is 1. The van der Waals surface area contributed by atoms with E-state index in [2.05, 4.69) is 16.7 Å². The summed E-state index contributed by atoms with van der Waals surface area (Å²) in [6.07, 6.45) is 5.46. The fourth-order valence-electron chi connectivity index (χ4n) is 2.41. The lowest BCUT2D eigenvalue weighted by atomic mass is 10.1. The third-order valence-electron chi connectivity index (χ3n) is 3.66. The van der Waals surface area contributed by atoms with E-state index in [4.69, 9.17) is 5.73 Å². The molecule has 1 aromatic heterocycles. The first-order chi connectivity index (χ1) is 11.2. The van der Waals surface area contributed by atoms with E-state index < -0.39 is 0 Å². The van der Waals surface area contributed by atoms with Crippen molar-refractivity contribution in [3.8, 4) is 0 Å². The maximum atomic E-state index is 12.2. The molecule has 0 aliphatic rings. The summed E-state index contributed by atoms with van der Waals surface area (Å²) in [4.78, 5) is 12.2. The van der Waals surface area contributed by atoms with Crippen molar-refractivity contribution >= 4 is 17.5 Å². The summed E-state index contributed by atoms with van der Waals surface area (Å²) in [5.74, 6) is -0.0301. The normalized spacial score (nSPS) is 11.0. The second-order valence-corrected chi connectivity index (χ2v) is 5.37. The van der Waals surface area contributed by atoms with Crippen LogP contribution in [-0.2, 0) is 6.54 Å². The Morgan fingerprint density at radius 1 is 0.957 bits per heavy atom. The molecule has 3 aromatic rings. The van der Waals surface area contributed by atoms with Gasteiger partial charge in [0.2, 0.25) is 0 Å². The standard InChI is InChI=1S/C20H18N2O/c21-18-10-8-17(9-11-18)20(23)13-12-19-7-4-14-22(19)15-16-5-2-1-3-6-16/h1-14H,15,21H2. The van der Waals surface area contributed by atoms with Crippen LogP contribution in [0.1, 0.15) is 21.6 Å². The van der Waals surface area contributed by atoms with E-state index >= 15 is 0 Å². The van der Waals surface area contributed by atoms with Gasteiger partial charge in [-0.1, -0.05) is 30.3 Å². The van der Waals surface area contributed by atoms with Gasteiger partial charge in [-0.3, -0.25) is 4.79 Å². The van der Waals surface area contributed by atoms with Crippen LogP contribution < -0.4 is 5.73 Å². The van der Waals surface area contributed by atoms with Crippen LogP contribution in [0.4, 0.5) is 5.69 Å². The van der Waals surface area contributed by atoms with Gasteiger partial charge in [0.05, 0.1) is 0 Å². The quantitative estimate of drug-likeness (QED) is 0.440. The van der Waals surface area contributed by atoms with Gasteiger partial charge in [-0.15, -0.1) is 0 Å². The Hall–Kier alpha value is -3.07. The van der Waals surface area contributed by atoms with Crippen LogP contribution in [0.2, 0.25) is 0 Å². The van der Waals surface area contributed by atoms with Crippen LogP contribution in [0.3, 0.4) is 0 Å². The third-order valence-corrected chi connectivity index (χ3v) is 3.66. The number of allylic oxidation sites excluding steroid dienone is 1. The van der Waals surface area contributed by atoms with Crippen molar-refractivity contribution < 1.29 is 4.79 Å². The summed E-state index contributed by atoms with van der Waals surface area (Å²) < 4.78 is 2.11. The largest absolute Gasteiger partial charge is 0.399 e. The molecule has 2 N–H and O–H groups in total. The molecule has 1 heterocycles. The number of hydrogen-bond acceptors (Lipinski definition) is 2. The zero-order valence-corrected chi connectivity index (χ0v) is 12.7. The van der Waals surface area contributed by atoms with Gasteiger partial charge < -0.3 is 10.3 Å². The van der Waals surface area contributed by atoms with Gasteiger partial charge in [0.25, 0.3) is 0 Å². The lowest BCUT2D eigenvalue weighted by Gasteiger charge is -2.06. The molecular formula is C20H18N2O. The number of nitrogens with zero attached hydrogens (tertiary/aromatic N) is 1. The van der Waals surface area contributed by atoms with Gasteiger partial charge in [0, 0.05) is 29.7 Å². The summed E-state index contributed by atoms with van der Waals surface area (Å²) in [6.45, 7) is 0.781. The number of nitrogen functional groups attached to an aromatic ring is 1. The van der Waals surface area contributed by atoms with E-state index in [0.717, 1.165) is 12.2 Å². The van der Waals surface area contributed by atoms with Crippen molar-refractivity contribution in [2.24, 2.45) is 0 Å². The molecule has 0 radical (unpaired) electrons. The minimum Gasteiger partial charge on any atom is -0.399 e. The number of nitrogens with two attached hydrogens (primary N) is 1. The highest BCUT2D eigenvalue weighted by atomic mass is 16.1. The highest BCUT2D eigenvalue weighted by molar-refractivity contribution is 6.06. The first kappa shape index (κ1) is 14.9. The molecule has 3 heteroatoms. The lowest BCUT2D eigenvalue weighted by Crippen LogP contribution is -2.00. The van der Waals surface area contributed by atoms with E-state index in [9.17, 15) is 4.79 Å². The molecule has 0 unspecified atom stereocenters. The number of rotatable bonds is 5. The van der Waals surface area contributed by atoms with Crippen molar-refractivity contribution in [2.45, 2.75) is 6.54 Å². The molecule has 23 heavy (non-hydrogen) atoms. The van der Waals surface area contributed by atoms with Crippen molar-refractivity contribution in [3.05, 3.63) is 95.8 Å². The molecule has 0 saturated heterocycles. The zero-order chi connectivity index (χ0) is 16.1. The predicted octanol–water partition coefficient (Wildman–Crippen LogP) is 4.01. The van der Waals surface area contributed by atoms with Crippen LogP contribution in [0.5, 0.6) is 0 Å². The summed E-state index contributed by atoms with van der Waals surface area (Å²) >= 11 is 0. The molecule has 0 aliphatic carbocycles. The Bertz CT molecular complexity index is 814. The SMILES string of the molecule is Nc1ccc(C(=O)C=Cc2cccn2Cc2ccccc2)cc1. The van der Waals surface area contributed by atoms with Gasteiger partial charge in [-0.25, -0.2) is 0 Å². The van der Waals surface area contributed by atoms with Gasteiger partial charge in [0.1, 0.15) is 0 Å².